The SMILES string of the molecule is CC1(C)CN(C(=O)c2ccc(Cl)cc2F)[C@@H]1c1ccccc1. The van der Waals surface area contributed by atoms with Crippen LogP contribution >= 0.6 is 11.6 Å². The summed E-state index contributed by atoms with van der Waals surface area (Å²) < 4.78 is 14.0. The molecule has 22 heavy (non-hydrogen) atoms. The zero-order chi connectivity index (χ0) is 15.9. The highest BCUT2D eigenvalue weighted by Crippen LogP contribution is 2.48. The second-order valence-corrected chi connectivity index (χ2v) is 6.80. The number of hydrogen-bond acceptors (Lipinski definition) is 1. The van der Waals surface area contributed by atoms with Crippen LogP contribution in [-0.4, -0.2) is 17.4 Å². The first-order valence-corrected chi connectivity index (χ1v) is 7.59. The summed E-state index contributed by atoms with van der Waals surface area (Å²) in [6.45, 7) is 4.84. The van der Waals surface area contributed by atoms with Gasteiger partial charge in [-0.1, -0.05) is 55.8 Å². The van der Waals surface area contributed by atoms with Gasteiger partial charge >= 0.3 is 0 Å². The summed E-state index contributed by atoms with van der Waals surface area (Å²) in [4.78, 5) is 14.4. The molecule has 1 atom stereocenters. The number of amides is 1. The zero-order valence-corrected chi connectivity index (χ0v) is 13.3. The van der Waals surface area contributed by atoms with Crippen LogP contribution in [0.25, 0.3) is 0 Å². The molecule has 0 aliphatic carbocycles. The number of nitrogens with zero attached hydrogens (tertiary/aromatic N) is 1. The molecular weight excluding hydrogens is 301 g/mol. The van der Waals surface area contributed by atoms with E-state index in [0.29, 0.717) is 6.54 Å². The minimum Gasteiger partial charge on any atom is -0.330 e. The highest BCUT2D eigenvalue weighted by Gasteiger charge is 2.49. The zero-order valence-electron chi connectivity index (χ0n) is 12.5. The Balaban J connectivity index is 1.93. The second-order valence-electron chi connectivity index (χ2n) is 6.36. The van der Waals surface area contributed by atoms with Gasteiger partial charge in [0, 0.05) is 17.0 Å². The molecule has 0 spiro atoms. The molecule has 1 amide bonds. The van der Waals surface area contributed by atoms with Crippen molar-refractivity contribution in [3.8, 4) is 0 Å². The molecule has 1 saturated heterocycles. The maximum atomic E-state index is 14.0. The molecule has 1 aliphatic rings. The normalized spacial score (nSPS) is 19.6. The van der Waals surface area contributed by atoms with Crippen LogP contribution in [0.15, 0.2) is 48.5 Å². The first-order chi connectivity index (χ1) is 10.4. The number of likely N-dealkylation sites (tertiary alicyclic amines) is 1. The molecule has 0 aromatic heterocycles. The molecule has 2 aromatic carbocycles. The number of hydrogen-bond donors (Lipinski definition) is 0. The summed E-state index contributed by atoms with van der Waals surface area (Å²) >= 11 is 5.75. The van der Waals surface area contributed by atoms with Crippen molar-refractivity contribution in [3.05, 3.63) is 70.5 Å². The van der Waals surface area contributed by atoms with E-state index in [1.54, 1.807) is 11.0 Å². The Morgan fingerprint density at radius 2 is 1.91 bits per heavy atom. The predicted molar refractivity (Wildman–Crippen MR) is 85.4 cm³/mol. The Bertz CT molecular complexity index is 714. The van der Waals surface area contributed by atoms with Crippen LogP contribution in [0.2, 0.25) is 5.02 Å². The standard InChI is InChI=1S/C18H17ClFNO/c1-18(2)11-21(16(18)12-6-4-3-5-7-12)17(22)14-9-8-13(19)10-15(14)20/h3-10,16H,11H2,1-2H3/t16-/m1/s1. The summed E-state index contributed by atoms with van der Waals surface area (Å²) in [5.41, 5.74) is 1.11. The molecule has 3 rings (SSSR count). The van der Waals surface area contributed by atoms with Crippen molar-refractivity contribution in [2.24, 2.45) is 5.41 Å². The fourth-order valence-electron chi connectivity index (χ4n) is 3.20. The van der Waals surface area contributed by atoms with Crippen molar-refractivity contribution in [2.75, 3.05) is 6.54 Å². The van der Waals surface area contributed by atoms with Crippen molar-refractivity contribution in [1.82, 2.24) is 4.90 Å². The Labute approximate surface area is 134 Å². The van der Waals surface area contributed by atoms with Gasteiger partial charge in [-0.2, -0.15) is 0 Å². The summed E-state index contributed by atoms with van der Waals surface area (Å²) in [7, 11) is 0. The van der Waals surface area contributed by atoms with Crippen molar-refractivity contribution in [2.45, 2.75) is 19.9 Å². The van der Waals surface area contributed by atoms with Crippen LogP contribution < -0.4 is 0 Å². The van der Waals surface area contributed by atoms with E-state index < -0.39 is 5.82 Å². The molecule has 0 radical (unpaired) electrons. The summed E-state index contributed by atoms with van der Waals surface area (Å²) in [5, 5.41) is 0.289. The quantitative estimate of drug-likeness (QED) is 0.786. The monoisotopic (exact) mass is 317 g/mol. The third-order valence-corrected chi connectivity index (χ3v) is 4.40. The van der Waals surface area contributed by atoms with Gasteiger partial charge in [0.25, 0.3) is 5.91 Å². The highest BCUT2D eigenvalue weighted by atomic mass is 35.5. The van der Waals surface area contributed by atoms with E-state index in [0.717, 1.165) is 5.56 Å². The van der Waals surface area contributed by atoms with Gasteiger partial charge in [0.2, 0.25) is 0 Å². The Morgan fingerprint density at radius 3 is 2.50 bits per heavy atom. The fraction of sp³-hybridized carbons (Fsp3) is 0.278. The number of halogens is 2. The molecule has 1 aliphatic heterocycles. The third kappa shape index (κ3) is 2.50. The minimum atomic E-state index is -0.575. The van der Waals surface area contributed by atoms with Gasteiger partial charge in [0.1, 0.15) is 5.82 Å². The lowest BCUT2D eigenvalue weighted by atomic mass is 9.71. The summed E-state index contributed by atoms with van der Waals surface area (Å²) in [6, 6.07) is 14.0. The smallest absolute Gasteiger partial charge is 0.257 e. The number of benzene rings is 2. The first kappa shape index (κ1) is 15.0. The molecule has 4 heteroatoms. The van der Waals surface area contributed by atoms with Crippen LogP contribution in [0.1, 0.15) is 35.8 Å². The fourth-order valence-corrected chi connectivity index (χ4v) is 3.36. The van der Waals surface area contributed by atoms with E-state index in [1.165, 1.54) is 12.1 Å². The number of carbonyl (C=O) groups is 1. The van der Waals surface area contributed by atoms with Crippen LogP contribution in [0, 0.1) is 11.2 Å². The molecule has 0 N–H and O–H groups in total. The predicted octanol–water partition coefficient (Wildman–Crippen LogP) is 4.70. The Hall–Kier alpha value is -1.87. The van der Waals surface area contributed by atoms with Crippen molar-refractivity contribution >= 4 is 17.5 Å². The second kappa shape index (κ2) is 5.40. The van der Waals surface area contributed by atoms with E-state index >= 15 is 0 Å². The molecule has 114 valence electrons. The third-order valence-electron chi connectivity index (χ3n) is 4.17. The van der Waals surface area contributed by atoms with E-state index in [4.69, 9.17) is 11.6 Å². The Kier molecular flexibility index (Phi) is 3.69. The lowest BCUT2D eigenvalue weighted by Gasteiger charge is -2.54. The largest absolute Gasteiger partial charge is 0.330 e. The van der Waals surface area contributed by atoms with Gasteiger partial charge in [0.05, 0.1) is 11.6 Å². The Morgan fingerprint density at radius 1 is 1.23 bits per heavy atom. The lowest BCUT2D eigenvalue weighted by Crippen LogP contribution is -2.57. The molecule has 0 bridgehead atoms. The van der Waals surface area contributed by atoms with Gasteiger partial charge in [-0.25, -0.2) is 4.39 Å². The van der Waals surface area contributed by atoms with E-state index in [2.05, 4.69) is 13.8 Å². The molecule has 0 saturated carbocycles. The van der Waals surface area contributed by atoms with E-state index in [9.17, 15) is 9.18 Å². The topological polar surface area (TPSA) is 20.3 Å². The molecule has 0 unspecified atom stereocenters. The molecule has 1 fully saturated rings. The molecule has 1 heterocycles. The van der Waals surface area contributed by atoms with Crippen LogP contribution in [0.4, 0.5) is 4.39 Å². The maximum absolute atomic E-state index is 14.0. The average Bonchev–Trinajstić information content (AvgIpc) is 2.45. The minimum absolute atomic E-state index is 0.0279. The van der Waals surface area contributed by atoms with Crippen LogP contribution in [0.3, 0.4) is 0 Å². The highest BCUT2D eigenvalue weighted by molar-refractivity contribution is 6.30. The van der Waals surface area contributed by atoms with Crippen LogP contribution in [-0.2, 0) is 0 Å². The van der Waals surface area contributed by atoms with E-state index in [-0.39, 0.29) is 28.0 Å². The van der Waals surface area contributed by atoms with Gasteiger partial charge in [-0.05, 0) is 23.8 Å². The number of carbonyl (C=O) groups excluding carboxylic acids is 1. The summed E-state index contributed by atoms with van der Waals surface area (Å²) in [6.07, 6.45) is 0. The molecule has 2 nitrogen and oxygen atoms in total. The van der Waals surface area contributed by atoms with Gasteiger partial charge in [0.15, 0.2) is 0 Å². The summed E-state index contributed by atoms with van der Waals surface area (Å²) in [5.74, 6) is -0.864. The van der Waals surface area contributed by atoms with Crippen molar-refractivity contribution in [3.63, 3.8) is 0 Å². The molecule has 2 aromatic rings. The van der Waals surface area contributed by atoms with Gasteiger partial charge in [-0.15, -0.1) is 0 Å². The van der Waals surface area contributed by atoms with Crippen molar-refractivity contribution < 1.29 is 9.18 Å². The first-order valence-electron chi connectivity index (χ1n) is 7.21. The maximum Gasteiger partial charge on any atom is 0.257 e. The average molecular weight is 318 g/mol. The van der Waals surface area contributed by atoms with Gasteiger partial charge < -0.3 is 4.90 Å². The van der Waals surface area contributed by atoms with E-state index in [1.807, 2.05) is 30.3 Å². The van der Waals surface area contributed by atoms with Crippen LogP contribution in [0.5, 0.6) is 0 Å². The van der Waals surface area contributed by atoms with Crippen molar-refractivity contribution in [1.29, 1.82) is 0 Å². The molecular formula is C18H17ClFNO. The number of rotatable bonds is 2. The lowest BCUT2D eigenvalue weighted by molar-refractivity contribution is -0.0325. The van der Waals surface area contributed by atoms with Gasteiger partial charge in [-0.3, -0.25) is 4.79 Å².